The van der Waals surface area contributed by atoms with Crippen LogP contribution < -0.4 is 5.32 Å². The first-order valence-corrected chi connectivity index (χ1v) is 8.29. The fraction of sp³-hybridized carbons (Fsp3) is 0.176. The van der Waals surface area contributed by atoms with E-state index in [1.165, 1.54) is 12.1 Å². The van der Waals surface area contributed by atoms with E-state index in [2.05, 4.69) is 5.32 Å². The lowest BCUT2D eigenvalue weighted by Gasteiger charge is -2.10. The fourth-order valence-electron chi connectivity index (χ4n) is 1.90. The number of halogens is 3. The van der Waals surface area contributed by atoms with Crippen LogP contribution in [0.25, 0.3) is 0 Å². The topological polar surface area (TPSA) is 55.4 Å². The predicted molar refractivity (Wildman–Crippen MR) is 96.4 cm³/mol. The number of hydrogen-bond acceptors (Lipinski definition) is 3. The summed E-state index contributed by atoms with van der Waals surface area (Å²) >= 11 is 18.0. The van der Waals surface area contributed by atoms with E-state index in [0.717, 1.165) is 6.42 Å². The molecule has 0 aliphatic carbocycles. The third kappa shape index (κ3) is 4.41. The Morgan fingerprint density at radius 2 is 1.62 bits per heavy atom. The summed E-state index contributed by atoms with van der Waals surface area (Å²) in [5.74, 6) is -0.899. The van der Waals surface area contributed by atoms with Gasteiger partial charge in [-0.1, -0.05) is 41.7 Å². The quantitative estimate of drug-likeness (QED) is 0.548. The molecule has 0 fully saturated rings. The molecule has 0 unspecified atom stereocenters. The average molecular weight is 387 g/mol. The minimum absolute atomic E-state index is 0.0847. The van der Waals surface area contributed by atoms with Gasteiger partial charge in [0.1, 0.15) is 0 Å². The zero-order valence-electron chi connectivity index (χ0n) is 12.7. The SMILES string of the molecule is CCCOC(=O)c1ccc(NC(=O)c2c(Cl)ccc(Cl)c2Cl)cc1. The minimum atomic E-state index is -0.492. The molecule has 0 aromatic heterocycles. The molecule has 0 heterocycles. The van der Waals surface area contributed by atoms with E-state index in [0.29, 0.717) is 17.9 Å². The molecule has 1 amide bonds. The number of ether oxygens (including phenoxy) is 1. The number of anilines is 1. The van der Waals surface area contributed by atoms with E-state index < -0.39 is 11.9 Å². The number of benzene rings is 2. The first kappa shape index (κ1) is 18.6. The van der Waals surface area contributed by atoms with E-state index in [1.807, 2.05) is 6.92 Å². The Kier molecular flexibility index (Phi) is 6.49. The lowest BCUT2D eigenvalue weighted by Crippen LogP contribution is -2.13. The van der Waals surface area contributed by atoms with Gasteiger partial charge in [-0.15, -0.1) is 0 Å². The zero-order chi connectivity index (χ0) is 17.7. The molecule has 0 saturated carbocycles. The molecule has 0 bridgehead atoms. The number of rotatable bonds is 5. The summed E-state index contributed by atoms with van der Waals surface area (Å²) in [7, 11) is 0. The monoisotopic (exact) mass is 385 g/mol. The van der Waals surface area contributed by atoms with Crippen LogP contribution in [-0.4, -0.2) is 18.5 Å². The second-order valence-electron chi connectivity index (χ2n) is 4.89. The predicted octanol–water partition coefficient (Wildman–Crippen LogP) is 5.47. The van der Waals surface area contributed by atoms with E-state index in [4.69, 9.17) is 39.5 Å². The Morgan fingerprint density at radius 1 is 1.00 bits per heavy atom. The molecular formula is C17H14Cl3NO3. The van der Waals surface area contributed by atoms with Crippen LogP contribution >= 0.6 is 34.8 Å². The summed E-state index contributed by atoms with van der Waals surface area (Å²) in [4.78, 5) is 24.1. The highest BCUT2D eigenvalue weighted by atomic mass is 35.5. The van der Waals surface area contributed by atoms with Crippen molar-refractivity contribution < 1.29 is 14.3 Å². The van der Waals surface area contributed by atoms with Gasteiger partial charge in [-0.3, -0.25) is 4.79 Å². The van der Waals surface area contributed by atoms with E-state index in [-0.39, 0.29) is 20.6 Å². The fourth-order valence-corrected chi connectivity index (χ4v) is 2.60. The van der Waals surface area contributed by atoms with Crippen LogP contribution in [0.4, 0.5) is 5.69 Å². The van der Waals surface area contributed by atoms with Crippen molar-refractivity contribution in [2.75, 3.05) is 11.9 Å². The van der Waals surface area contributed by atoms with Crippen LogP contribution in [-0.2, 0) is 4.74 Å². The minimum Gasteiger partial charge on any atom is -0.462 e. The first-order chi connectivity index (χ1) is 11.4. The lowest BCUT2D eigenvalue weighted by molar-refractivity contribution is 0.0505. The van der Waals surface area contributed by atoms with Crippen LogP contribution in [0.2, 0.25) is 15.1 Å². The highest BCUT2D eigenvalue weighted by Crippen LogP contribution is 2.31. The van der Waals surface area contributed by atoms with Gasteiger partial charge in [-0.05, 0) is 42.8 Å². The molecule has 2 aromatic carbocycles. The lowest BCUT2D eigenvalue weighted by atomic mass is 10.1. The van der Waals surface area contributed by atoms with Gasteiger partial charge in [-0.25, -0.2) is 4.79 Å². The molecule has 0 spiro atoms. The van der Waals surface area contributed by atoms with Crippen molar-refractivity contribution in [1.29, 1.82) is 0 Å². The third-order valence-electron chi connectivity index (χ3n) is 3.09. The van der Waals surface area contributed by atoms with Crippen LogP contribution in [0.3, 0.4) is 0 Å². The summed E-state index contributed by atoms with van der Waals surface area (Å²) in [5.41, 5.74) is 0.983. The Balaban J connectivity index is 2.13. The molecular weight excluding hydrogens is 373 g/mol. The summed E-state index contributed by atoms with van der Waals surface area (Å²) in [5, 5.41) is 3.17. The number of esters is 1. The Hall–Kier alpha value is -1.75. The van der Waals surface area contributed by atoms with Gasteiger partial charge in [0.2, 0.25) is 0 Å². The van der Waals surface area contributed by atoms with Gasteiger partial charge in [-0.2, -0.15) is 0 Å². The van der Waals surface area contributed by atoms with E-state index >= 15 is 0 Å². The van der Waals surface area contributed by atoms with Gasteiger partial charge in [0.25, 0.3) is 5.91 Å². The van der Waals surface area contributed by atoms with Crippen LogP contribution in [0.5, 0.6) is 0 Å². The molecule has 2 rings (SSSR count). The molecule has 0 atom stereocenters. The maximum Gasteiger partial charge on any atom is 0.338 e. The number of carbonyl (C=O) groups is 2. The largest absolute Gasteiger partial charge is 0.462 e. The van der Waals surface area contributed by atoms with Gasteiger partial charge < -0.3 is 10.1 Å². The second kappa shape index (κ2) is 8.38. The Morgan fingerprint density at radius 3 is 2.25 bits per heavy atom. The standard InChI is InChI=1S/C17H14Cl3NO3/c1-2-9-24-17(23)10-3-5-11(6-4-10)21-16(22)14-12(18)7-8-13(19)15(14)20/h3-8H,2,9H2,1H3,(H,21,22). The van der Waals surface area contributed by atoms with E-state index in [1.54, 1.807) is 24.3 Å². The number of amides is 1. The summed E-state index contributed by atoms with van der Waals surface area (Å²) in [6.07, 6.45) is 0.751. The molecule has 0 radical (unpaired) electrons. The second-order valence-corrected chi connectivity index (χ2v) is 6.08. The molecule has 0 saturated heterocycles. The van der Waals surface area contributed by atoms with Crippen molar-refractivity contribution in [2.24, 2.45) is 0 Å². The maximum atomic E-state index is 12.3. The summed E-state index contributed by atoms with van der Waals surface area (Å²) in [6, 6.07) is 9.32. The van der Waals surface area contributed by atoms with Crippen LogP contribution in [0, 0.1) is 0 Å². The first-order valence-electron chi connectivity index (χ1n) is 7.16. The van der Waals surface area contributed by atoms with Gasteiger partial charge in [0.05, 0.1) is 32.8 Å². The number of hydrogen-bond donors (Lipinski definition) is 1. The van der Waals surface area contributed by atoms with Crippen molar-refractivity contribution >= 4 is 52.4 Å². The Bertz CT molecular complexity index is 760. The van der Waals surface area contributed by atoms with Crippen molar-refractivity contribution in [2.45, 2.75) is 13.3 Å². The van der Waals surface area contributed by atoms with Crippen molar-refractivity contribution in [3.05, 3.63) is 62.6 Å². The number of nitrogens with one attached hydrogen (secondary N) is 1. The van der Waals surface area contributed by atoms with Gasteiger partial charge in [0, 0.05) is 5.69 Å². The van der Waals surface area contributed by atoms with Crippen LogP contribution in [0.15, 0.2) is 36.4 Å². The molecule has 1 N–H and O–H groups in total. The molecule has 0 aliphatic rings. The average Bonchev–Trinajstić information content (AvgIpc) is 2.57. The molecule has 2 aromatic rings. The van der Waals surface area contributed by atoms with Crippen molar-refractivity contribution in [3.63, 3.8) is 0 Å². The molecule has 4 nitrogen and oxygen atoms in total. The van der Waals surface area contributed by atoms with E-state index in [9.17, 15) is 9.59 Å². The Labute approximate surface area is 154 Å². The highest BCUT2D eigenvalue weighted by molar-refractivity contribution is 6.46. The smallest absolute Gasteiger partial charge is 0.338 e. The third-order valence-corrected chi connectivity index (χ3v) is 4.21. The molecule has 0 aliphatic heterocycles. The molecule has 24 heavy (non-hydrogen) atoms. The van der Waals surface area contributed by atoms with Crippen molar-refractivity contribution in [1.82, 2.24) is 0 Å². The molecule has 7 heteroatoms. The summed E-state index contributed by atoms with van der Waals surface area (Å²) < 4.78 is 5.04. The maximum absolute atomic E-state index is 12.3. The zero-order valence-corrected chi connectivity index (χ0v) is 15.0. The van der Waals surface area contributed by atoms with Crippen LogP contribution in [0.1, 0.15) is 34.1 Å². The number of carbonyl (C=O) groups excluding carboxylic acids is 2. The van der Waals surface area contributed by atoms with Gasteiger partial charge >= 0.3 is 5.97 Å². The normalized spacial score (nSPS) is 10.3. The molecule has 126 valence electrons. The van der Waals surface area contributed by atoms with Gasteiger partial charge in [0.15, 0.2) is 0 Å². The highest BCUT2D eigenvalue weighted by Gasteiger charge is 2.17. The summed E-state index contributed by atoms with van der Waals surface area (Å²) in [6.45, 7) is 2.28. The van der Waals surface area contributed by atoms with Crippen molar-refractivity contribution in [3.8, 4) is 0 Å².